The number of amides is 2. The van der Waals surface area contributed by atoms with Gasteiger partial charge >= 0.3 is 0 Å². The highest BCUT2D eigenvalue weighted by Gasteiger charge is 2.19. The van der Waals surface area contributed by atoms with Crippen LogP contribution in [-0.2, 0) is 11.8 Å². The Balaban J connectivity index is 1.69. The van der Waals surface area contributed by atoms with Gasteiger partial charge in [-0.15, -0.1) is 0 Å². The zero-order chi connectivity index (χ0) is 19.6. The summed E-state index contributed by atoms with van der Waals surface area (Å²) in [5, 5.41) is 13.9. The van der Waals surface area contributed by atoms with Gasteiger partial charge in [-0.2, -0.15) is 10.2 Å². The smallest absolute Gasteiger partial charge is 0.276 e. The highest BCUT2D eigenvalue weighted by Crippen LogP contribution is 2.21. The van der Waals surface area contributed by atoms with Gasteiger partial charge in [0.1, 0.15) is 6.04 Å². The molecule has 3 aromatic rings. The standard InChI is InChI=1S/C18H19BrN6O2/c1-11-15(19)10-20-25(11)12(2)17(26)21-13-5-4-6-14(9-13)22-18(27)16-7-8-24(3)23-16/h4-10,12H,1-3H3,(H,21,26)(H,22,27). The van der Waals surface area contributed by atoms with Crippen molar-refractivity contribution in [1.29, 1.82) is 0 Å². The largest absolute Gasteiger partial charge is 0.324 e. The van der Waals surface area contributed by atoms with E-state index in [2.05, 4.69) is 36.8 Å². The van der Waals surface area contributed by atoms with E-state index in [4.69, 9.17) is 0 Å². The first-order chi connectivity index (χ1) is 12.8. The molecule has 1 aromatic carbocycles. The monoisotopic (exact) mass is 430 g/mol. The van der Waals surface area contributed by atoms with Crippen LogP contribution in [0, 0.1) is 6.92 Å². The molecule has 0 spiro atoms. The van der Waals surface area contributed by atoms with Crippen molar-refractivity contribution >= 4 is 39.1 Å². The molecule has 0 fully saturated rings. The van der Waals surface area contributed by atoms with Crippen molar-refractivity contribution in [2.45, 2.75) is 19.9 Å². The van der Waals surface area contributed by atoms with Gasteiger partial charge in [-0.1, -0.05) is 6.07 Å². The molecule has 0 radical (unpaired) electrons. The lowest BCUT2D eigenvalue weighted by molar-refractivity contribution is -0.119. The van der Waals surface area contributed by atoms with Crippen LogP contribution in [0.25, 0.3) is 0 Å². The minimum absolute atomic E-state index is 0.207. The minimum Gasteiger partial charge on any atom is -0.324 e. The quantitative estimate of drug-likeness (QED) is 0.649. The summed E-state index contributed by atoms with van der Waals surface area (Å²) in [6.07, 6.45) is 3.36. The van der Waals surface area contributed by atoms with Gasteiger partial charge in [-0.3, -0.25) is 19.0 Å². The van der Waals surface area contributed by atoms with Gasteiger partial charge in [0.2, 0.25) is 5.91 Å². The first-order valence-corrected chi connectivity index (χ1v) is 9.06. The number of carbonyl (C=O) groups excluding carboxylic acids is 2. The summed E-state index contributed by atoms with van der Waals surface area (Å²) in [5.74, 6) is -0.522. The summed E-state index contributed by atoms with van der Waals surface area (Å²) in [4.78, 5) is 24.7. The number of nitrogens with one attached hydrogen (secondary N) is 2. The van der Waals surface area contributed by atoms with Gasteiger partial charge in [0.15, 0.2) is 5.69 Å². The zero-order valence-corrected chi connectivity index (χ0v) is 16.7. The summed E-state index contributed by atoms with van der Waals surface area (Å²) in [6, 6.07) is 8.10. The molecule has 9 heteroatoms. The molecule has 0 saturated carbocycles. The molecule has 0 aliphatic carbocycles. The molecule has 0 aliphatic rings. The van der Waals surface area contributed by atoms with Crippen LogP contribution >= 0.6 is 15.9 Å². The Morgan fingerprint density at radius 3 is 2.48 bits per heavy atom. The highest BCUT2D eigenvalue weighted by atomic mass is 79.9. The molecule has 8 nitrogen and oxygen atoms in total. The first-order valence-electron chi connectivity index (χ1n) is 8.26. The number of benzene rings is 1. The van der Waals surface area contributed by atoms with Gasteiger partial charge in [-0.25, -0.2) is 0 Å². The molecular weight excluding hydrogens is 412 g/mol. The predicted octanol–water partition coefficient (Wildman–Crippen LogP) is 3.14. The van der Waals surface area contributed by atoms with Crippen molar-refractivity contribution < 1.29 is 9.59 Å². The molecule has 2 amide bonds. The number of nitrogens with zero attached hydrogens (tertiary/aromatic N) is 4. The number of hydrogen-bond donors (Lipinski definition) is 2. The summed E-state index contributed by atoms with van der Waals surface area (Å²) < 4.78 is 4.05. The highest BCUT2D eigenvalue weighted by molar-refractivity contribution is 9.10. The minimum atomic E-state index is -0.483. The Kier molecular flexibility index (Phi) is 5.41. The molecule has 140 valence electrons. The average molecular weight is 431 g/mol. The number of anilines is 2. The summed E-state index contributed by atoms with van der Waals surface area (Å²) in [6.45, 7) is 3.66. The fraction of sp³-hybridized carbons (Fsp3) is 0.222. The van der Waals surface area contributed by atoms with Crippen molar-refractivity contribution in [3.05, 3.63) is 58.6 Å². The Hall–Kier alpha value is -2.94. The van der Waals surface area contributed by atoms with Gasteiger partial charge in [0, 0.05) is 24.6 Å². The van der Waals surface area contributed by atoms with Crippen LogP contribution < -0.4 is 10.6 Å². The van der Waals surface area contributed by atoms with E-state index in [0.717, 1.165) is 10.2 Å². The van der Waals surface area contributed by atoms with E-state index in [1.165, 1.54) is 0 Å². The lowest BCUT2D eigenvalue weighted by atomic mass is 10.2. The van der Waals surface area contributed by atoms with Crippen LogP contribution in [-0.4, -0.2) is 31.4 Å². The molecule has 2 N–H and O–H groups in total. The number of carbonyl (C=O) groups is 2. The van der Waals surface area contributed by atoms with E-state index >= 15 is 0 Å². The third-order valence-corrected chi connectivity index (χ3v) is 4.84. The third-order valence-electron chi connectivity index (χ3n) is 4.07. The fourth-order valence-corrected chi connectivity index (χ4v) is 2.83. The molecule has 0 saturated heterocycles. The van der Waals surface area contributed by atoms with Gasteiger partial charge in [-0.05, 0) is 54.0 Å². The second-order valence-electron chi connectivity index (χ2n) is 6.10. The van der Waals surface area contributed by atoms with Gasteiger partial charge < -0.3 is 10.6 Å². The van der Waals surface area contributed by atoms with Crippen molar-refractivity contribution in [2.75, 3.05) is 10.6 Å². The van der Waals surface area contributed by atoms with Crippen LogP contribution in [0.3, 0.4) is 0 Å². The van der Waals surface area contributed by atoms with Crippen molar-refractivity contribution in [3.63, 3.8) is 0 Å². The Morgan fingerprint density at radius 1 is 1.19 bits per heavy atom. The van der Waals surface area contributed by atoms with Crippen LogP contribution in [0.5, 0.6) is 0 Å². The number of aromatic nitrogens is 4. The van der Waals surface area contributed by atoms with Gasteiger partial charge in [0.05, 0.1) is 16.4 Å². The Labute approximate surface area is 164 Å². The van der Waals surface area contributed by atoms with E-state index in [-0.39, 0.29) is 11.8 Å². The second kappa shape index (κ2) is 7.75. The fourth-order valence-electron chi connectivity index (χ4n) is 2.56. The Bertz CT molecular complexity index is 993. The molecule has 0 aliphatic heterocycles. The maximum atomic E-state index is 12.5. The first kappa shape index (κ1) is 18.8. The molecule has 2 heterocycles. The lowest BCUT2D eigenvalue weighted by Crippen LogP contribution is -2.25. The molecule has 3 rings (SSSR count). The zero-order valence-electron chi connectivity index (χ0n) is 15.1. The number of aryl methyl sites for hydroxylation is 1. The van der Waals surface area contributed by atoms with E-state index in [9.17, 15) is 9.59 Å². The van der Waals surface area contributed by atoms with E-state index in [0.29, 0.717) is 17.1 Å². The topological polar surface area (TPSA) is 93.8 Å². The van der Waals surface area contributed by atoms with Crippen LogP contribution in [0.2, 0.25) is 0 Å². The molecule has 2 aromatic heterocycles. The van der Waals surface area contributed by atoms with Crippen LogP contribution in [0.4, 0.5) is 11.4 Å². The SMILES string of the molecule is Cc1c(Br)cnn1C(C)C(=O)Nc1cccc(NC(=O)c2ccn(C)n2)c1. The molecule has 0 bridgehead atoms. The Morgan fingerprint density at radius 2 is 1.89 bits per heavy atom. The van der Waals surface area contributed by atoms with Crippen molar-refractivity contribution in [2.24, 2.45) is 7.05 Å². The number of rotatable bonds is 5. The van der Waals surface area contributed by atoms with Crippen LogP contribution in [0.15, 0.2) is 47.2 Å². The summed E-state index contributed by atoms with van der Waals surface area (Å²) in [7, 11) is 1.74. The second-order valence-corrected chi connectivity index (χ2v) is 6.95. The lowest BCUT2D eigenvalue weighted by Gasteiger charge is -2.15. The van der Waals surface area contributed by atoms with E-state index in [1.54, 1.807) is 66.1 Å². The van der Waals surface area contributed by atoms with Crippen molar-refractivity contribution in [3.8, 4) is 0 Å². The van der Waals surface area contributed by atoms with Crippen LogP contribution in [0.1, 0.15) is 29.1 Å². The number of hydrogen-bond acceptors (Lipinski definition) is 4. The van der Waals surface area contributed by atoms with Crippen molar-refractivity contribution in [1.82, 2.24) is 19.6 Å². The third kappa shape index (κ3) is 4.25. The van der Waals surface area contributed by atoms with E-state index < -0.39 is 6.04 Å². The average Bonchev–Trinajstić information content (AvgIpc) is 3.21. The number of halogens is 1. The maximum absolute atomic E-state index is 12.5. The molecular formula is C18H19BrN6O2. The maximum Gasteiger partial charge on any atom is 0.276 e. The normalized spacial score (nSPS) is 11.9. The van der Waals surface area contributed by atoms with E-state index in [1.807, 2.05) is 6.92 Å². The summed E-state index contributed by atoms with van der Waals surface area (Å²) >= 11 is 3.39. The molecule has 27 heavy (non-hydrogen) atoms. The molecule has 1 unspecified atom stereocenters. The molecule has 1 atom stereocenters. The predicted molar refractivity (Wildman–Crippen MR) is 106 cm³/mol. The van der Waals surface area contributed by atoms with Gasteiger partial charge in [0.25, 0.3) is 5.91 Å². The summed E-state index contributed by atoms with van der Waals surface area (Å²) in [5.41, 5.74) is 2.33.